The van der Waals surface area contributed by atoms with Crippen LogP contribution in [0.4, 0.5) is 10.1 Å². The van der Waals surface area contributed by atoms with Gasteiger partial charge in [-0.2, -0.15) is 0 Å². The molecule has 0 unspecified atom stereocenters. The summed E-state index contributed by atoms with van der Waals surface area (Å²) < 4.78 is 13.0. The van der Waals surface area contributed by atoms with Gasteiger partial charge in [0.25, 0.3) is 0 Å². The summed E-state index contributed by atoms with van der Waals surface area (Å²) >= 11 is 6.11. The van der Waals surface area contributed by atoms with Crippen molar-refractivity contribution in [3.8, 4) is 0 Å². The van der Waals surface area contributed by atoms with Crippen molar-refractivity contribution < 1.29 is 9.18 Å². The van der Waals surface area contributed by atoms with Crippen LogP contribution < -0.4 is 5.32 Å². The fraction of sp³-hybridized carbons (Fsp3) is 0.381. The van der Waals surface area contributed by atoms with Gasteiger partial charge in [0, 0.05) is 30.3 Å². The maximum atomic E-state index is 13.0. The lowest BCUT2D eigenvalue weighted by atomic mass is 10.2. The van der Waals surface area contributed by atoms with E-state index in [4.69, 9.17) is 11.6 Å². The predicted molar refractivity (Wildman–Crippen MR) is 108 cm³/mol. The molecule has 1 aliphatic heterocycles. The van der Waals surface area contributed by atoms with Crippen LogP contribution in [0.5, 0.6) is 0 Å². The smallest absolute Gasteiger partial charge is 0.238 e. The third kappa shape index (κ3) is 5.76. The van der Waals surface area contributed by atoms with Gasteiger partial charge in [0.1, 0.15) is 5.82 Å². The Balaban J connectivity index is 1.49. The van der Waals surface area contributed by atoms with E-state index >= 15 is 0 Å². The fourth-order valence-electron chi connectivity index (χ4n) is 3.32. The third-order valence-electron chi connectivity index (χ3n) is 4.91. The van der Waals surface area contributed by atoms with Crippen LogP contribution in [0.2, 0.25) is 5.02 Å². The molecule has 0 atom stereocenters. The molecule has 1 aliphatic rings. The zero-order valence-corrected chi connectivity index (χ0v) is 16.3. The summed E-state index contributed by atoms with van der Waals surface area (Å²) in [6.45, 7) is 6.67. The molecule has 27 heavy (non-hydrogen) atoms. The third-order valence-corrected chi connectivity index (χ3v) is 5.32. The van der Waals surface area contributed by atoms with Gasteiger partial charge >= 0.3 is 0 Å². The van der Waals surface area contributed by atoms with E-state index in [-0.39, 0.29) is 11.7 Å². The average molecular weight is 390 g/mol. The van der Waals surface area contributed by atoms with Crippen molar-refractivity contribution in [2.45, 2.75) is 19.9 Å². The molecule has 1 heterocycles. The number of carbonyl (C=O) groups is 1. The normalized spacial score (nSPS) is 16.1. The minimum absolute atomic E-state index is 0.0210. The van der Waals surface area contributed by atoms with Crippen molar-refractivity contribution in [2.75, 3.05) is 38.0 Å². The molecule has 0 radical (unpaired) electrons. The van der Waals surface area contributed by atoms with Gasteiger partial charge in [0.2, 0.25) is 5.91 Å². The fourth-order valence-corrected chi connectivity index (χ4v) is 3.50. The summed E-state index contributed by atoms with van der Waals surface area (Å²) in [4.78, 5) is 16.9. The lowest BCUT2D eigenvalue weighted by molar-refractivity contribution is -0.117. The molecule has 0 aliphatic carbocycles. The number of nitrogens with zero attached hydrogens (tertiary/aromatic N) is 2. The molecule has 2 aromatic carbocycles. The molecule has 1 N–H and O–H groups in total. The van der Waals surface area contributed by atoms with Crippen molar-refractivity contribution in [3.63, 3.8) is 0 Å². The molecule has 1 saturated heterocycles. The van der Waals surface area contributed by atoms with Crippen LogP contribution in [-0.4, -0.2) is 48.4 Å². The van der Waals surface area contributed by atoms with Crippen molar-refractivity contribution in [1.29, 1.82) is 0 Å². The van der Waals surface area contributed by atoms with Crippen LogP contribution in [-0.2, 0) is 11.3 Å². The highest BCUT2D eigenvalue weighted by atomic mass is 35.5. The Hall–Kier alpha value is -1.95. The van der Waals surface area contributed by atoms with E-state index in [1.165, 1.54) is 12.1 Å². The number of hydrogen-bond acceptors (Lipinski definition) is 3. The molecule has 0 saturated carbocycles. The molecule has 0 aromatic heterocycles. The number of halogens is 2. The van der Waals surface area contributed by atoms with Gasteiger partial charge in [-0.1, -0.05) is 29.8 Å². The second-order valence-corrected chi connectivity index (χ2v) is 7.40. The Labute approximate surface area is 164 Å². The Morgan fingerprint density at radius 3 is 2.56 bits per heavy atom. The SMILES string of the molecule is Cc1c(Cl)cccc1NC(=O)CN1CCCN(Cc2ccc(F)cc2)CC1. The number of nitrogens with one attached hydrogen (secondary N) is 1. The van der Waals surface area contributed by atoms with Crippen LogP contribution in [0, 0.1) is 12.7 Å². The van der Waals surface area contributed by atoms with Crippen LogP contribution in [0.25, 0.3) is 0 Å². The van der Waals surface area contributed by atoms with Crippen LogP contribution >= 0.6 is 11.6 Å². The van der Waals surface area contributed by atoms with E-state index in [9.17, 15) is 9.18 Å². The molecule has 1 fully saturated rings. The summed E-state index contributed by atoms with van der Waals surface area (Å²) in [5, 5.41) is 3.61. The lowest BCUT2D eigenvalue weighted by Gasteiger charge is -2.21. The summed E-state index contributed by atoms with van der Waals surface area (Å²) in [6, 6.07) is 12.2. The Bertz CT molecular complexity index is 781. The predicted octanol–water partition coefficient (Wildman–Crippen LogP) is 3.93. The van der Waals surface area contributed by atoms with Crippen LogP contribution in [0.15, 0.2) is 42.5 Å². The largest absolute Gasteiger partial charge is 0.325 e. The Kier molecular flexibility index (Phi) is 6.83. The number of anilines is 1. The monoisotopic (exact) mass is 389 g/mol. The van der Waals surface area contributed by atoms with Gasteiger partial charge in [-0.25, -0.2) is 4.39 Å². The van der Waals surface area contributed by atoms with Gasteiger partial charge < -0.3 is 5.32 Å². The van der Waals surface area contributed by atoms with Gasteiger partial charge in [-0.05, 0) is 61.8 Å². The number of benzene rings is 2. The highest BCUT2D eigenvalue weighted by Gasteiger charge is 2.18. The first kappa shape index (κ1) is 19.8. The molecule has 2 aromatic rings. The van der Waals surface area contributed by atoms with E-state index in [0.717, 1.165) is 56.0 Å². The Morgan fingerprint density at radius 2 is 1.78 bits per heavy atom. The maximum Gasteiger partial charge on any atom is 0.238 e. The van der Waals surface area contributed by atoms with Gasteiger partial charge in [0.15, 0.2) is 0 Å². The lowest BCUT2D eigenvalue weighted by Crippen LogP contribution is -2.36. The highest BCUT2D eigenvalue weighted by Crippen LogP contribution is 2.22. The van der Waals surface area contributed by atoms with E-state index in [2.05, 4.69) is 15.1 Å². The second-order valence-electron chi connectivity index (χ2n) is 6.99. The van der Waals surface area contributed by atoms with E-state index in [1.54, 1.807) is 0 Å². The molecule has 3 rings (SSSR count). The average Bonchev–Trinajstić information content (AvgIpc) is 2.86. The Morgan fingerprint density at radius 1 is 1.07 bits per heavy atom. The topological polar surface area (TPSA) is 35.6 Å². The zero-order chi connectivity index (χ0) is 19.2. The zero-order valence-electron chi connectivity index (χ0n) is 15.5. The molecule has 4 nitrogen and oxygen atoms in total. The first-order valence-electron chi connectivity index (χ1n) is 9.25. The molecule has 6 heteroatoms. The highest BCUT2D eigenvalue weighted by molar-refractivity contribution is 6.31. The van der Waals surface area contributed by atoms with Crippen molar-refractivity contribution in [1.82, 2.24) is 9.80 Å². The van der Waals surface area contributed by atoms with E-state index in [0.29, 0.717) is 11.6 Å². The number of rotatable bonds is 5. The molecular weight excluding hydrogens is 365 g/mol. The number of carbonyl (C=O) groups excluding carboxylic acids is 1. The summed E-state index contributed by atoms with van der Waals surface area (Å²) in [5.74, 6) is -0.228. The van der Waals surface area contributed by atoms with Gasteiger partial charge in [-0.15, -0.1) is 0 Å². The summed E-state index contributed by atoms with van der Waals surface area (Å²) in [5.41, 5.74) is 2.76. The first-order chi connectivity index (χ1) is 13.0. The standard InChI is InChI=1S/C21H25ClFN3O/c1-16-19(22)4-2-5-20(16)24-21(27)15-26-11-3-10-25(12-13-26)14-17-6-8-18(23)9-7-17/h2,4-9H,3,10-15H2,1H3,(H,24,27). The summed E-state index contributed by atoms with van der Waals surface area (Å²) in [7, 11) is 0. The minimum Gasteiger partial charge on any atom is -0.325 e. The number of hydrogen-bond donors (Lipinski definition) is 1. The molecule has 1 amide bonds. The van der Waals surface area contributed by atoms with Crippen LogP contribution in [0.1, 0.15) is 17.5 Å². The van der Waals surface area contributed by atoms with Crippen LogP contribution in [0.3, 0.4) is 0 Å². The van der Waals surface area contributed by atoms with Crippen molar-refractivity contribution >= 4 is 23.2 Å². The first-order valence-corrected chi connectivity index (χ1v) is 9.63. The van der Waals surface area contributed by atoms with Gasteiger partial charge in [0.05, 0.1) is 6.54 Å². The van der Waals surface area contributed by atoms with Gasteiger partial charge in [-0.3, -0.25) is 14.6 Å². The van der Waals surface area contributed by atoms with Crippen molar-refractivity contribution in [2.24, 2.45) is 0 Å². The molecule has 0 spiro atoms. The second kappa shape index (κ2) is 9.31. The molecule has 144 valence electrons. The quantitative estimate of drug-likeness (QED) is 0.841. The maximum absolute atomic E-state index is 13.0. The summed E-state index contributed by atoms with van der Waals surface area (Å²) in [6.07, 6.45) is 1.00. The van der Waals surface area contributed by atoms with E-state index in [1.807, 2.05) is 37.3 Å². The minimum atomic E-state index is -0.207. The number of amides is 1. The molecular formula is C21H25ClFN3O. The van der Waals surface area contributed by atoms with Crippen molar-refractivity contribution in [3.05, 3.63) is 64.4 Å². The van der Waals surface area contributed by atoms with E-state index < -0.39 is 0 Å². The molecule has 0 bridgehead atoms.